The number of hydrogen-bond donors (Lipinski definition) is 2. The van der Waals surface area contributed by atoms with Crippen LogP contribution in [0.15, 0.2) is 24.5 Å². The Labute approximate surface area is 101 Å². The molecule has 0 atom stereocenters. The largest absolute Gasteiger partial charge is 0.345 e. The maximum Gasteiger partial charge on any atom is 0.0931 e. The minimum Gasteiger partial charge on any atom is -0.345 e. The highest BCUT2D eigenvalue weighted by Gasteiger charge is 2.18. The summed E-state index contributed by atoms with van der Waals surface area (Å²) < 4.78 is 0. The third-order valence-corrected chi connectivity index (χ3v) is 3.90. The first-order valence-corrected chi connectivity index (χ1v) is 6.49. The lowest BCUT2D eigenvalue weighted by Gasteiger charge is -2.26. The second kappa shape index (κ2) is 4.49. The van der Waals surface area contributed by atoms with Crippen LogP contribution in [-0.2, 0) is 6.42 Å². The molecule has 1 aromatic carbocycles. The van der Waals surface area contributed by atoms with Crippen LogP contribution in [0, 0.1) is 5.92 Å². The molecule has 3 N–H and O–H groups in total. The summed E-state index contributed by atoms with van der Waals surface area (Å²) in [7, 11) is 0. The van der Waals surface area contributed by atoms with Gasteiger partial charge in [0.2, 0.25) is 0 Å². The van der Waals surface area contributed by atoms with Crippen LogP contribution >= 0.6 is 0 Å². The van der Waals surface area contributed by atoms with Crippen molar-refractivity contribution in [1.29, 1.82) is 0 Å². The van der Waals surface area contributed by atoms with Crippen LogP contribution in [0.2, 0.25) is 0 Å². The Hall–Kier alpha value is -1.35. The summed E-state index contributed by atoms with van der Waals surface area (Å²) in [6, 6.07) is 6.99. The van der Waals surface area contributed by atoms with Crippen LogP contribution in [0.25, 0.3) is 11.0 Å². The molecule has 0 radical (unpaired) electrons. The van der Waals surface area contributed by atoms with Crippen LogP contribution < -0.4 is 5.73 Å². The number of nitrogens with zero attached hydrogens (tertiary/aromatic N) is 1. The number of fused-ring (bicyclic) bond motifs is 1. The summed E-state index contributed by atoms with van der Waals surface area (Å²) in [5.41, 5.74) is 9.56. The van der Waals surface area contributed by atoms with Gasteiger partial charge in [-0.05, 0) is 55.7 Å². The molecule has 0 bridgehead atoms. The zero-order valence-corrected chi connectivity index (χ0v) is 10.0. The van der Waals surface area contributed by atoms with E-state index in [-0.39, 0.29) is 0 Å². The lowest BCUT2D eigenvalue weighted by atomic mass is 9.83. The van der Waals surface area contributed by atoms with Crippen molar-refractivity contribution in [3.8, 4) is 0 Å². The minimum absolute atomic E-state index is 0.446. The summed E-state index contributed by atoms with van der Waals surface area (Å²) >= 11 is 0. The van der Waals surface area contributed by atoms with Gasteiger partial charge in [-0.1, -0.05) is 6.07 Å². The van der Waals surface area contributed by atoms with Crippen molar-refractivity contribution in [3.05, 3.63) is 30.1 Å². The van der Waals surface area contributed by atoms with Gasteiger partial charge in [-0.3, -0.25) is 0 Å². The first-order chi connectivity index (χ1) is 8.31. The number of hydrogen-bond acceptors (Lipinski definition) is 2. The average Bonchev–Trinajstić information content (AvgIpc) is 2.79. The third-order valence-electron chi connectivity index (χ3n) is 3.90. The molecule has 2 aromatic rings. The lowest BCUT2D eigenvalue weighted by Crippen LogP contribution is -2.27. The molecule has 1 aliphatic carbocycles. The molecule has 0 aliphatic heterocycles. The molecule has 1 aromatic heterocycles. The summed E-state index contributed by atoms with van der Waals surface area (Å²) in [5, 5.41) is 0. The molecule has 0 amide bonds. The van der Waals surface area contributed by atoms with Crippen molar-refractivity contribution in [2.24, 2.45) is 11.7 Å². The maximum absolute atomic E-state index is 5.94. The first kappa shape index (κ1) is 10.8. The number of benzene rings is 1. The second-order valence-corrected chi connectivity index (χ2v) is 5.24. The van der Waals surface area contributed by atoms with E-state index in [9.17, 15) is 0 Å². The van der Waals surface area contributed by atoms with Gasteiger partial charge in [0.15, 0.2) is 0 Å². The fourth-order valence-electron chi connectivity index (χ4n) is 2.84. The Bertz CT molecular complexity index is 495. The molecular weight excluding hydrogens is 210 g/mol. The molecule has 1 saturated carbocycles. The highest BCUT2D eigenvalue weighted by molar-refractivity contribution is 5.75. The molecule has 0 unspecified atom stereocenters. The summed E-state index contributed by atoms with van der Waals surface area (Å²) in [6.07, 6.45) is 7.88. The summed E-state index contributed by atoms with van der Waals surface area (Å²) in [6.45, 7) is 0. The highest BCUT2D eigenvalue weighted by Crippen LogP contribution is 2.27. The van der Waals surface area contributed by atoms with Gasteiger partial charge in [0.05, 0.1) is 17.4 Å². The van der Waals surface area contributed by atoms with Gasteiger partial charge in [-0.2, -0.15) is 0 Å². The Balaban J connectivity index is 1.71. The highest BCUT2D eigenvalue weighted by atomic mass is 14.9. The van der Waals surface area contributed by atoms with Crippen LogP contribution in [0.5, 0.6) is 0 Å². The molecular formula is C14H19N3. The topological polar surface area (TPSA) is 54.7 Å². The molecule has 0 spiro atoms. The molecule has 1 fully saturated rings. The van der Waals surface area contributed by atoms with Gasteiger partial charge in [0.1, 0.15) is 0 Å². The molecule has 0 saturated heterocycles. The standard InChI is InChI=1S/C14H19N3/c15-12-4-1-10(2-5-12)7-11-3-6-13-14(8-11)17-9-16-13/h3,6,8-10,12H,1-2,4-5,7,15H2,(H,16,17). The number of H-pyrrole nitrogens is 1. The van der Waals surface area contributed by atoms with Crippen molar-refractivity contribution in [1.82, 2.24) is 9.97 Å². The average molecular weight is 229 g/mol. The van der Waals surface area contributed by atoms with Crippen LogP contribution in [-0.4, -0.2) is 16.0 Å². The van der Waals surface area contributed by atoms with Crippen LogP contribution in [0.4, 0.5) is 0 Å². The SMILES string of the molecule is NC1CCC(Cc2ccc3nc[nH]c3c2)CC1. The monoisotopic (exact) mass is 229 g/mol. The molecule has 90 valence electrons. The third kappa shape index (κ3) is 2.34. The normalized spacial score (nSPS) is 25.2. The van der Waals surface area contributed by atoms with E-state index in [2.05, 4.69) is 28.2 Å². The maximum atomic E-state index is 5.94. The molecule has 3 heteroatoms. The van der Waals surface area contributed by atoms with Crippen molar-refractivity contribution in [2.75, 3.05) is 0 Å². The van der Waals surface area contributed by atoms with Gasteiger partial charge in [0, 0.05) is 6.04 Å². The predicted molar refractivity (Wildman–Crippen MR) is 69.7 cm³/mol. The number of imidazole rings is 1. The van der Waals surface area contributed by atoms with Crippen molar-refractivity contribution in [3.63, 3.8) is 0 Å². The Morgan fingerprint density at radius 3 is 2.88 bits per heavy atom. The summed E-state index contributed by atoms with van der Waals surface area (Å²) in [5.74, 6) is 0.815. The Morgan fingerprint density at radius 2 is 2.06 bits per heavy atom. The van der Waals surface area contributed by atoms with Gasteiger partial charge >= 0.3 is 0 Å². The van der Waals surface area contributed by atoms with E-state index in [0.717, 1.165) is 17.0 Å². The van der Waals surface area contributed by atoms with Gasteiger partial charge < -0.3 is 10.7 Å². The smallest absolute Gasteiger partial charge is 0.0931 e. The van der Waals surface area contributed by atoms with Crippen molar-refractivity contribution >= 4 is 11.0 Å². The van der Waals surface area contributed by atoms with E-state index in [1.165, 1.54) is 37.7 Å². The van der Waals surface area contributed by atoms with Crippen LogP contribution in [0.3, 0.4) is 0 Å². The molecule has 3 rings (SSSR count). The minimum atomic E-state index is 0.446. The fourth-order valence-corrected chi connectivity index (χ4v) is 2.84. The molecule has 17 heavy (non-hydrogen) atoms. The first-order valence-electron chi connectivity index (χ1n) is 6.49. The van der Waals surface area contributed by atoms with Crippen molar-refractivity contribution in [2.45, 2.75) is 38.1 Å². The van der Waals surface area contributed by atoms with E-state index in [1.807, 2.05) is 0 Å². The number of nitrogens with two attached hydrogens (primary N) is 1. The predicted octanol–water partition coefficient (Wildman–Crippen LogP) is 2.62. The Morgan fingerprint density at radius 1 is 1.24 bits per heavy atom. The molecule has 1 aliphatic rings. The van der Waals surface area contributed by atoms with Gasteiger partial charge in [-0.15, -0.1) is 0 Å². The second-order valence-electron chi connectivity index (χ2n) is 5.24. The fraction of sp³-hybridized carbons (Fsp3) is 0.500. The summed E-state index contributed by atoms with van der Waals surface area (Å²) in [4.78, 5) is 7.42. The van der Waals surface area contributed by atoms with E-state index >= 15 is 0 Å². The molecule has 3 nitrogen and oxygen atoms in total. The van der Waals surface area contributed by atoms with E-state index < -0.39 is 0 Å². The number of rotatable bonds is 2. The van der Waals surface area contributed by atoms with Crippen molar-refractivity contribution < 1.29 is 0 Å². The lowest BCUT2D eigenvalue weighted by molar-refractivity contribution is 0.325. The Kier molecular flexibility index (Phi) is 2.85. The quantitative estimate of drug-likeness (QED) is 0.831. The van der Waals surface area contributed by atoms with Gasteiger partial charge in [-0.25, -0.2) is 4.98 Å². The van der Waals surface area contributed by atoms with Gasteiger partial charge in [0.25, 0.3) is 0 Å². The van der Waals surface area contributed by atoms with E-state index in [1.54, 1.807) is 6.33 Å². The molecule has 1 heterocycles. The van der Waals surface area contributed by atoms with E-state index in [0.29, 0.717) is 6.04 Å². The number of nitrogens with one attached hydrogen (secondary N) is 1. The zero-order valence-electron chi connectivity index (χ0n) is 10.0. The number of aromatic nitrogens is 2. The van der Waals surface area contributed by atoms with E-state index in [4.69, 9.17) is 5.73 Å². The zero-order chi connectivity index (χ0) is 11.7. The van der Waals surface area contributed by atoms with Crippen LogP contribution in [0.1, 0.15) is 31.2 Å². The number of aromatic amines is 1.